The molecule has 7 heteroatoms. The van der Waals surface area contributed by atoms with Crippen molar-refractivity contribution >= 4 is 17.0 Å². The van der Waals surface area contributed by atoms with Crippen LogP contribution < -0.4 is 5.32 Å². The van der Waals surface area contributed by atoms with Gasteiger partial charge in [0, 0.05) is 12.4 Å². The van der Waals surface area contributed by atoms with Gasteiger partial charge in [0.1, 0.15) is 17.7 Å². The molecule has 0 unspecified atom stereocenters. The maximum Gasteiger partial charge on any atom is 0.182 e. The molecule has 0 saturated heterocycles. The second-order valence-electron chi connectivity index (χ2n) is 3.21. The van der Waals surface area contributed by atoms with Gasteiger partial charge < -0.3 is 15.3 Å². The average Bonchev–Trinajstić information content (AvgIpc) is 2.97. The smallest absolute Gasteiger partial charge is 0.182 e. The number of hydrogen-bond acceptors (Lipinski definition) is 5. The number of H-pyrrole nitrogens is 2. The molecule has 3 N–H and O–H groups in total. The molecule has 0 saturated carbocycles. The van der Waals surface area contributed by atoms with Crippen LogP contribution in [0.2, 0.25) is 0 Å². The van der Waals surface area contributed by atoms with Crippen molar-refractivity contribution in [3.63, 3.8) is 0 Å². The Balaban J connectivity index is 1.86. The lowest BCUT2D eigenvalue weighted by Gasteiger charge is -2.03. The molecule has 0 aliphatic rings. The van der Waals surface area contributed by atoms with E-state index in [9.17, 15) is 0 Å². The van der Waals surface area contributed by atoms with Crippen LogP contribution in [0.25, 0.3) is 11.2 Å². The Morgan fingerprint density at radius 1 is 1.12 bits per heavy atom. The number of aromatic amines is 2. The van der Waals surface area contributed by atoms with Crippen molar-refractivity contribution in [3.8, 4) is 0 Å². The number of anilines is 1. The molecule has 3 rings (SSSR count). The Bertz CT molecular complexity index is 583. The molecule has 7 nitrogen and oxygen atoms in total. The Hall–Kier alpha value is -2.44. The second-order valence-corrected chi connectivity index (χ2v) is 3.21. The molecular weight excluding hydrogens is 206 g/mol. The second kappa shape index (κ2) is 3.61. The maximum absolute atomic E-state index is 4.14. The summed E-state index contributed by atoms with van der Waals surface area (Å²) in [7, 11) is 0. The van der Waals surface area contributed by atoms with Crippen molar-refractivity contribution in [2.75, 3.05) is 5.32 Å². The van der Waals surface area contributed by atoms with Crippen LogP contribution in [0.3, 0.4) is 0 Å². The summed E-state index contributed by atoms with van der Waals surface area (Å²) in [5.74, 6) is 1.57. The first-order valence-corrected chi connectivity index (χ1v) is 4.80. The molecule has 0 atom stereocenters. The van der Waals surface area contributed by atoms with Crippen LogP contribution in [0.5, 0.6) is 0 Å². The fourth-order valence-electron chi connectivity index (χ4n) is 1.46. The van der Waals surface area contributed by atoms with Gasteiger partial charge in [0.05, 0.1) is 12.9 Å². The Morgan fingerprint density at radius 3 is 3.00 bits per heavy atom. The summed E-state index contributed by atoms with van der Waals surface area (Å²) in [5.41, 5.74) is 1.45. The molecule has 3 aromatic heterocycles. The summed E-state index contributed by atoms with van der Waals surface area (Å²) in [6.07, 6.45) is 6.57. The van der Waals surface area contributed by atoms with Crippen LogP contribution in [-0.4, -0.2) is 29.9 Å². The number of hydrogen-bond donors (Lipinski definition) is 3. The SMILES string of the molecule is c1c[nH]c(CNc2ncnc3nc[nH]c23)n1. The molecule has 80 valence electrons. The summed E-state index contributed by atoms with van der Waals surface area (Å²) < 4.78 is 0. The predicted molar refractivity (Wildman–Crippen MR) is 57.6 cm³/mol. The van der Waals surface area contributed by atoms with Crippen LogP contribution in [0.4, 0.5) is 5.82 Å². The minimum Gasteiger partial charge on any atom is -0.361 e. The van der Waals surface area contributed by atoms with Gasteiger partial charge in [-0.15, -0.1) is 0 Å². The van der Waals surface area contributed by atoms with Crippen LogP contribution in [0.1, 0.15) is 5.82 Å². The zero-order valence-corrected chi connectivity index (χ0v) is 8.31. The normalized spacial score (nSPS) is 10.8. The van der Waals surface area contributed by atoms with E-state index in [1.165, 1.54) is 6.33 Å². The van der Waals surface area contributed by atoms with Crippen molar-refractivity contribution in [2.45, 2.75) is 6.54 Å². The summed E-state index contributed by atoms with van der Waals surface area (Å²) in [5, 5.41) is 3.16. The highest BCUT2D eigenvalue weighted by atomic mass is 15.1. The molecule has 0 fully saturated rings. The van der Waals surface area contributed by atoms with Gasteiger partial charge in [-0.05, 0) is 0 Å². The number of fused-ring (bicyclic) bond motifs is 1. The third-order valence-electron chi connectivity index (χ3n) is 2.20. The first-order chi connectivity index (χ1) is 7.93. The molecule has 0 amide bonds. The van der Waals surface area contributed by atoms with E-state index in [-0.39, 0.29) is 0 Å². The van der Waals surface area contributed by atoms with E-state index >= 15 is 0 Å². The van der Waals surface area contributed by atoms with Crippen molar-refractivity contribution in [2.24, 2.45) is 0 Å². The van der Waals surface area contributed by atoms with E-state index in [2.05, 4.69) is 35.2 Å². The van der Waals surface area contributed by atoms with Crippen LogP contribution >= 0.6 is 0 Å². The molecule has 0 aliphatic heterocycles. The Morgan fingerprint density at radius 2 is 2.12 bits per heavy atom. The molecule has 0 spiro atoms. The summed E-state index contributed by atoms with van der Waals surface area (Å²) in [6, 6.07) is 0. The largest absolute Gasteiger partial charge is 0.361 e. The lowest BCUT2D eigenvalue weighted by Crippen LogP contribution is -2.03. The summed E-state index contributed by atoms with van der Waals surface area (Å²) in [6.45, 7) is 0.581. The number of nitrogens with one attached hydrogen (secondary N) is 3. The third-order valence-corrected chi connectivity index (χ3v) is 2.20. The molecule has 16 heavy (non-hydrogen) atoms. The van der Waals surface area contributed by atoms with Crippen molar-refractivity contribution in [1.29, 1.82) is 0 Å². The van der Waals surface area contributed by atoms with Crippen molar-refractivity contribution in [3.05, 3.63) is 30.9 Å². The highest BCUT2D eigenvalue weighted by Gasteiger charge is 2.05. The monoisotopic (exact) mass is 215 g/mol. The van der Waals surface area contributed by atoms with Gasteiger partial charge in [0.2, 0.25) is 0 Å². The van der Waals surface area contributed by atoms with Crippen molar-refractivity contribution < 1.29 is 0 Å². The maximum atomic E-state index is 4.14. The number of imidazole rings is 2. The van der Waals surface area contributed by atoms with Crippen molar-refractivity contribution in [1.82, 2.24) is 29.9 Å². The first-order valence-electron chi connectivity index (χ1n) is 4.80. The molecule has 3 heterocycles. The van der Waals surface area contributed by atoms with Gasteiger partial charge in [-0.2, -0.15) is 0 Å². The molecule has 0 aliphatic carbocycles. The number of rotatable bonds is 3. The van der Waals surface area contributed by atoms with Gasteiger partial charge in [0.15, 0.2) is 11.5 Å². The fraction of sp³-hybridized carbons (Fsp3) is 0.111. The van der Waals surface area contributed by atoms with E-state index in [0.717, 1.165) is 17.2 Å². The van der Waals surface area contributed by atoms with Gasteiger partial charge in [-0.3, -0.25) is 0 Å². The van der Waals surface area contributed by atoms with E-state index in [1.54, 1.807) is 18.7 Å². The Labute approximate surface area is 90.4 Å². The van der Waals surface area contributed by atoms with Gasteiger partial charge >= 0.3 is 0 Å². The van der Waals surface area contributed by atoms with Gasteiger partial charge in [-0.25, -0.2) is 19.9 Å². The summed E-state index contributed by atoms with van der Waals surface area (Å²) in [4.78, 5) is 22.3. The zero-order chi connectivity index (χ0) is 10.8. The van der Waals surface area contributed by atoms with E-state index in [1.807, 2.05) is 0 Å². The minimum atomic E-state index is 0.581. The number of aromatic nitrogens is 6. The molecule has 0 bridgehead atoms. The molecular formula is C9H9N7. The Kier molecular flexibility index (Phi) is 1.99. The first kappa shape index (κ1) is 8.84. The zero-order valence-electron chi connectivity index (χ0n) is 8.31. The lowest BCUT2D eigenvalue weighted by molar-refractivity contribution is 0.987. The van der Waals surface area contributed by atoms with Crippen LogP contribution in [0, 0.1) is 0 Å². The highest BCUT2D eigenvalue weighted by Crippen LogP contribution is 2.14. The number of nitrogens with zero attached hydrogens (tertiary/aromatic N) is 4. The average molecular weight is 215 g/mol. The highest BCUT2D eigenvalue weighted by molar-refractivity contribution is 5.81. The predicted octanol–water partition coefficient (Wildman–Crippen LogP) is 0.688. The van der Waals surface area contributed by atoms with E-state index < -0.39 is 0 Å². The molecule has 0 radical (unpaired) electrons. The summed E-state index contributed by atoms with van der Waals surface area (Å²) >= 11 is 0. The lowest BCUT2D eigenvalue weighted by atomic mass is 10.4. The molecule has 3 aromatic rings. The molecule has 0 aromatic carbocycles. The minimum absolute atomic E-state index is 0.581. The topological polar surface area (TPSA) is 95.2 Å². The van der Waals surface area contributed by atoms with Crippen LogP contribution in [-0.2, 0) is 6.54 Å². The van der Waals surface area contributed by atoms with E-state index in [4.69, 9.17) is 0 Å². The van der Waals surface area contributed by atoms with Gasteiger partial charge in [0.25, 0.3) is 0 Å². The standard InChI is InChI=1S/C9H9N7/c1-2-11-6(10-1)3-12-8-7-9(14-4-13-7)16-5-15-8/h1-2,4-5H,3H2,(H,10,11)(H2,12,13,14,15,16). The fourth-order valence-corrected chi connectivity index (χ4v) is 1.46. The van der Waals surface area contributed by atoms with E-state index in [0.29, 0.717) is 12.2 Å². The quantitative estimate of drug-likeness (QED) is 0.597. The third kappa shape index (κ3) is 1.48. The van der Waals surface area contributed by atoms with Crippen LogP contribution in [0.15, 0.2) is 25.0 Å². The van der Waals surface area contributed by atoms with Gasteiger partial charge in [-0.1, -0.05) is 0 Å².